The van der Waals surface area contributed by atoms with Crippen LogP contribution < -0.4 is 4.90 Å². The average Bonchev–Trinajstić information content (AvgIpc) is 3.17. The van der Waals surface area contributed by atoms with Gasteiger partial charge in [-0.15, -0.1) is 0 Å². The molecule has 1 saturated heterocycles. The maximum atomic E-state index is 10.2. The van der Waals surface area contributed by atoms with Crippen molar-refractivity contribution in [3.8, 4) is 5.75 Å². The molecule has 2 heterocycles. The van der Waals surface area contributed by atoms with Gasteiger partial charge in [0, 0.05) is 41.9 Å². The number of aryl methyl sites for hydroxylation is 1. The Morgan fingerprint density at radius 3 is 2.64 bits per heavy atom. The van der Waals surface area contributed by atoms with Crippen molar-refractivity contribution in [2.24, 2.45) is 4.99 Å². The van der Waals surface area contributed by atoms with Crippen LogP contribution in [0.15, 0.2) is 41.5 Å². The van der Waals surface area contributed by atoms with Gasteiger partial charge in [0.1, 0.15) is 11.8 Å². The van der Waals surface area contributed by atoms with Gasteiger partial charge >= 0.3 is 0 Å². The molecular formula is C20H26N3O2+. The predicted molar refractivity (Wildman–Crippen MR) is 98.1 cm³/mol. The summed E-state index contributed by atoms with van der Waals surface area (Å²) in [5.74, 6) is 0.0973. The minimum Gasteiger partial charge on any atom is -0.505 e. The lowest BCUT2D eigenvalue weighted by atomic mass is 10.1. The Balaban J connectivity index is 1.82. The zero-order chi connectivity index (χ0) is 17.6. The van der Waals surface area contributed by atoms with Crippen molar-refractivity contribution in [3.63, 3.8) is 0 Å². The number of hydrogen-bond acceptors (Lipinski definition) is 4. The third-order valence-corrected chi connectivity index (χ3v) is 4.98. The first kappa shape index (κ1) is 17.6. The molecule has 0 aliphatic carbocycles. The second kappa shape index (κ2) is 8.23. The zero-order valence-corrected chi connectivity index (χ0v) is 14.7. The van der Waals surface area contributed by atoms with Crippen LogP contribution in [0.3, 0.4) is 0 Å². The summed E-state index contributed by atoms with van der Waals surface area (Å²) < 4.78 is 0. The van der Waals surface area contributed by atoms with Crippen molar-refractivity contribution in [1.29, 1.82) is 0 Å². The van der Waals surface area contributed by atoms with Crippen molar-refractivity contribution in [3.05, 3.63) is 58.9 Å². The molecule has 3 rings (SSSR count). The summed E-state index contributed by atoms with van der Waals surface area (Å²) in [7, 11) is 0. The molecule has 0 saturated carbocycles. The van der Waals surface area contributed by atoms with Gasteiger partial charge in [0.15, 0.2) is 0 Å². The number of aromatic hydroxyl groups is 1. The minimum absolute atomic E-state index is 0.0973. The van der Waals surface area contributed by atoms with Crippen molar-refractivity contribution in [2.45, 2.75) is 32.4 Å². The number of nitrogens with one attached hydrogen (secondary N) is 1. The lowest BCUT2D eigenvalue weighted by Crippen LogP contribution is -3.10. The Morgan fingerprint density at radius 2 is 1.96 bits per heavy atom. The van der Waals surface area contributed by atoms with E-state index < -0.39 is 0 Å². The number of rotatable bonds is 6. The maximum Gasteiger partial charge on any atom is 0.145 e. The lowest BCUT2D eigenvalue weighted by Gasteiger charge is -2.23. The van der Waals surface area contributed by atoms with Crippen LogP contribution in [0.2, 0.25) is 0 Å². The molecule has 5 heteroatoms. The Morgan fingerprint density at radius 1 is 1.24 bits per heavy atom. The summed E-state index contributed by atoms with van der Waals surface area (Å²) in [5.41, 5.74) is 3.01. The highest BCUT2D eigenvalue weighted by atomic mass is 16.3. The molecule has 5 nitrogen and oxygen atoms in total. The number of aliphatic hydroxyl groups is 1. The summed E-state index contributed by atoms with van der Waals surface area (Å²) in [6.07, 6.45) is 5.81. The third kappa shape index (κ3) is 4.06. The van der Waals surface area contributed by atoms with Gasteiger partial charge in [0.25, 0.3) is 0 Å². The van der Waals surface area contributed by atoms with E-state index in [1.54, 1.807) is 24.2 Å². The van der Waals surface area contributed by atoms with Gasteiger partial charge in [-0.05, 0) is 6.92 Å². The molecule has 1 aliphatic heterocycles. The number of likely N-dealkylation sites (tertiary alicyclic amines) is 1. The van der Waals surface area contributed by atoms with E-state index in [1.165, 1.54) is 31.5 Å². The third-order valence-electron chi connectivity index (χ3n) is 4.98. The fourth-order valence-corrected chi connectivity index (χ4v) is 3.50. The van der Waals surface area contributed by atoms with E-state index in [-0.39, 0.29) is 12.4 Å². The van der Waals surface area contributed by atoms with Crippen LogP contribution in [0.5, 0.6) is 5.75 Å². The monoisotopic (exact) mass is 340 g/mol. The van der Waals surface area contributed by atoms with Crippen molar-refractivity contribution < 1.29 is 15.1 Å². The number of aliphatic imine (C=N–C) groups is 1. The number of hydrogen-bond donors (Lipinski definition) is 3. The number of benzene rings is 1. The van der Waals surface area contributed by atoms with E-state index >= 15 is 0 Å². The molecule has 1 aromatic carbocycles. The van der Waals surface area contributed by atoms with Crippen molar-refractivity contribution >= 4 is 6.21 Å². The minimum atomic E-state index is -0.165. The number of nitrogens with zero attached hydrogens (tertiary/aromatic N) is 2. The summed E-state index contributed by atoms with van der Waals surface area (Å²) in [5, 5.41) is 19.7. The fraction of sp³-hybridized carbons (Fsp3) is 0.400. The van der Waals surface area contributed by atoms with Gasteiger partial charge < -0.3 is 15.1 Å². The predicted octanol–water partition coefficient (Wildman–Crippen LogP) is 1.43. The van der Waals surface area contributed by atoms with Crippen LogP contribution in [0.4, 0.5) is 0 Å². The van der Waals surface area contributed by atoms with Crippen LogP contribution in [-0.4, -0.2) is 41.0 Å². The SMILES string of the molecule is Cc1ncc(CO)c(C=NC[C@H](c2ccccc2)[NH+]2CCCC2)c1O. The molecule has 2 aromatic rings. The highest BCUT2D eigenvalue weighted by molar-refractivity contribution is 5.85. The standard InChI is InChI=1S/C20H25N3O2/c1-15-20(25)18(17(14-24)11-22-15)12-21-13-19(23-9-5-6-10-23)16-7-3-2-4-8-16/h2-4,7-8,11-12,19,24-25H,5-6,9-10,13-14H2,1H3/p+1/t19-/m1/s1. The van der Waals surface area contributed by atoms with Gasteiger partial charge in [-0.2, -0.15) is 0 Å². The highest BCUT2D eigenvalue weighted by Gasteiger charge is 2.26. The van der Waals surface area contributed by atoms with Gasteiger partial charge in [-0.25, -0.2) is 0 Å². The Hall–Kier alpha value is -2.24. The lowest BCUT2D eigenvalue weighted by molar-refractivity contribution is -0.918. The topological polar surface area (TPSA) is 70.2 Å². The van der Waals surface area contributed by atoms with Crippen LogP contribution in [0, 0.1) is 6.92 Å². The first-order valence-electron chi connectivity index (χ1n) is 8.88. The first-order valence-corrected chi connectivity index (χ1v) is 8.88. The van der Waals surface area contributed by atoms with E-state index in [1.807, 2.05) is 6.07 Å². The largest absolute Gasteiger partial charge is 0.505 e. The molecular weight excluding hydrogens is 314 g/mol. The molecule has 0 radical (unpaired) electrons. The fourth-order valence-electron chi connectivity index (χ4n) is 3.50. The van der Waals surface area contributed by atoms with E-state index in [0.29, 0.717) is 29.4 Å². The quantitative estimate of drug-likeness (QED) is 0.697. The Bertz CT molecular complexity index is 725. The average molecular weight is 340 g/mol. The molecule has 0 unspecified atom stereocenters. The Labute approximate surface area is 148 Å². The van der Waals surface area contributed by atoms with Crippen LogP contribution >= 0.6 is 0 Å². The molecule has 0 bridgehead atoms. The van der Waals surface area contributed by atoms with Gasteiger partial charge in [-0.3, -0.25) is 9.98 Å². The summed E-state index contributed by atoms with van der Waals surface area (Å²) >= 11 is 0. The van der Waals surface area contributed by atoms with Gasteiger partial charge in [-0.1, -0.05) is 30.3 Å². The number of aliphatic hydroxyl groups excluding tert-OH is 1. The van der Waals surface area contributed by atoms with E-state index in [9.17, 15) is 10.2 Å². The molecule has 1 fully saturated rings. The van der Waals surface area contributed by atoms with Gasteiger partial charge in [0.05, 0.1) is 31.9 Å². The summed E-state index contributed by atoms with van der Waals surface area (Å²) in [6.45, 7) is 4.59. The first-order chi connectivity index (χ1) is 12.2. The molecule has 0 amide bonds. The highest BCUT2D eigenvalue weighted by Crippen LogP contribution is 2.22. The molecule has 0 spiro atoms. The number of pyridine rings is 1. The molecule has 3 N–H and O–H groups in total. The van der Waals surface area contributed by atoms with E-state index in [4.69, 9.17) is 0 Å². The number of quaternary nitrogens is 1. The zero-order valence-electron chi connectivity index (χ0n) is 14.7. The van der Waals surface area contributed by atoms with E-state index in [0.717, 1.165) is 0 Å². The second-order valence-electron chi connectivity index (χ2n) is 6.61. The molecule has 1 aromatic heterocycles. The normalized spacial score (nSPS) is 16.6. The van der Waals surface area contributed by atoms with Crippen LogP contribution in [0.1, 0.15) is 41.3 Å². The maximum absolute atomic E-state index is 10.2. The molecule has 1 atom stereocenters. The van der Waals surface area contributed by atoms with Gasteiger partial charge in [0.2, 0.25) is 0 Å². The summed E-state index contributed by atoms with van der Waals surface area (Å²) in [4.78, 5) is 10.3. The van der Waals surface area contributed by atoms with Crippen molar-refractivity contribution in [2.75, 3.05) is 19.6 Å². The van der Waals surface area contributed by atoms with Crippen molar-refractivity contribution in [1.82, 2.24) is 4.98 Å². The second-order valence-corrected chi connectivity index (χ2v) is 6.61. The molecule has 1 aliphatic rings. The van der Waals surface area contributed by atoms with Crippen LogP contribution in [-0.2, 0) is 6.61 Å². The van der Waals surface area contributed by atoms with E-state index in [2.05, 4.69) is 34.2 Å². The molecule has 25 heavy (non-hydrogen) atoms. The summed E-state index contributed by atoms with van der Waals surface area (Å²) in [6, 6.07) is 10.8. The number of aromatic nitrogens is 1. The smallest absolute Gasteiger partial charge is 0.145 e. The van der Waals surface area contributed by atoms with Crippen LogP contribution in [0.25, 0.3) is 0 Å². The Kier molecular flexibility index (Phi) is 5.79. The molecule has 132 valence electrons.